The van der Waals surface area contributed by atoms with Crippen molar-refractivity contribution in [1.82, 2.24) is 0 Å². The highest BCUT2D eigenvalue weighted by molar-refractivity contribution is 7.78. The molecule has 74 valence electrons. The van der Waals surface area contributed by atoms with Gasteiger partial charge in [0.15, 0.2) is 5.54 Å². The second-order valence-corrected chi connectivity index (χ2v) is 2.84. The van der Waals surface area contributed by atoms with Crippen LogP contribution in [0.1, 0.15) is 33.6 Å². The summed E-state index contributed by atoms with van der Waals surface area (Å²) >= 11 is 4.51. The maximum absolute atomic E-state index is 11.5. The maximum Gasteiger partial charge on any atom is 0.334 e. The van der Waals surface area contributed by atoms with E-state index in [2.05, 4.69) is 22.4 Å². The minimum absolute atomic E-state index is 0.308. The molecule has 0 aliphatic heterocycles. The van der Waals surface area contributed by atoms with E-state index in [0.29, 0.717) is 19.4 Å². The third-order valence-corrected chi connectivity index (χ3v) is 2.18. The monoisotopic (exact) mass is 201 g/mol. The van der Waals surface area contributed by atoms with Gasteiger partial charge in [0.2, 0.25) is 0 Å². The van der Waals surface area contributed by atoms with Crippen LogP contribution in [0.5, 0.6) is 0 Å². The van der Waals surface area contributed by atoms with E-state index in [1.165, 1.54) is 0 Å². The molecule has 0 unspecified atom stereocenters. The molecule has 0 bridgehead atoms. The van der Waals surface area contributed by atoms with Gasteiger partial charge in [-0.3, -0.25) is 0 Å². The number of ether oxygens (including phenoxy) is 1. The third-order valence-electron chi connectivity index (χ3n) is 2.08. The Bertz CT molecular complexity index is 218. The summed E-state index contributed by atoms with van der Waals surface area (Å²) in [5, 5.41) is 2.26. The summed E-state index contributed by atoms with van der Waals surface area (Å²) in [6, 6.07) is 0. The molecule has 0 saturated heterocycles. The zero-order valence-electron chi connectivity index (χ0n) is 8.29. The maximum atomic E-state index is 11.5. The third kappa shape index (κ3) is 2.90. The van der Waals surface area contributed by atoms with Gasteiger partial charge in [0, 0.05) is 0 Å². The topological polar surface area (TPSA) is 38.7 Å². The standard InChI is InChI=1S/C9H15NO2S/c1-4-9(5-2,10-7-13)8(11)12-6-3/h4-6H2,1-3H3. The number of thiocarbonyl (C=S) groups is 1. The molecule has 0 amide bonds. The lowest BCUT2D eigenvalue weighted by Gasteiger charge is -2.22. The molecule has 13 heavy (non-hydrogen) atoms. The molecule has 0 spiro atoms. The van der Waals surface area contributed by atoms with Crippen molar-refractivity contribution in [2.45, 2.75) is 39.2 Å². The van der Waals surface area contributed by atoms with Crippen LogP contribution in [0.25, 0.3) is 0 Å². The van der Waals surface area contributed by atoms with E-state index in [4.69, 9.17) is 4.74 Å². The van der Waals surface area contributed by atoms with Gasteiger partial charge in [0.05, 0.1) is 11.8 Å². The number of nitrogens with zero attached hydrogens (tertiary/aromatic N) is 1. The van der Waals surface area contributed by atoms with E-state index in [-0.39, 0.29) is 5.97 Å². The SMILES string of the molecule is CCOC(=O)C(CC)(CC)N=C=S. The molecule has 0 fully saturated rings. The first-order chi connectivity index (χ1) is 6.16. The quantitative estimate of drug-likeness (QED) is 0.389. The minimum atomic E-state index is -0.808. The molecular formula is C9H15NO2S. The molecule has 0 aromatic heterocycles. The van der Waals surface area contributed by atoms with Crippen LogP contribution in [0.3, 0.4) is 0 Å². The predicted molar refractivity (Wildman–Crippen MR) is 55.0 cm³/mol. The summed E-state index contributed by atoms with van der Waals surface area (Å²) in [4.78, 5) is 15.4. The largest absolute Gasteiger partial charge is 0.464 e. The van der Waals surface area contributed by atoms with Gasteiger partial charge >= 0.3 is 5.97 Å². The zero-order valence-corrected chi connectivity index (χ0v) is 9.11. The lowest BCUT2D eigenvalue weighted by atomic mass is 9.94. The van der Waals surface area contributed by atoms with Crippen molar-refractivity contribution in [2.24, 2.45) is 4.99 Å². The van der Waals surface area contributed by atoms with Crippen molar-refractivity contribution < 1.29 is 9.53 Å². The van der Waals surface area contributed by atoms with Crippen LogP contribution in [0.2, 0.25) is 0 Å². The predicted octanol–water partition coefficient (Wildman–Crippen LogP) is 2.21. The summed E-state index contributed by atoms with van der Waals surface area (Å²) in [6.07, 6.45) is 1.18. The van der Waals surface area contributed by atoms with Crippen molar-refractivity contribution in [1.29, 1.82) is 0 Å². The number of carbonyl (C=O) groups excluding carboxylic acids is 1. The van der Waals surface area contributed by atoms with E-state index in [1.807, 2.05) is 13.8 Å². The molecule has 0 heterocycles. The van der Waals surface area contributed by atoms with Crippen molar-refractivity contribution >= 4 is 23.3 Å². The van der Waals surface area contributed by atoms with Gasteiger partial charge in [-0.2, -0.15) is 0 Å². The second-order valence-electron chi connectivity index (χ2n) is 2.66. The van der Waals surface area contributed by atoms with E-state index < -0.39 is 5.54 Å². The molecule has 0 rings (SSSR count). The Morgan fingerprint density at radius 2 is 2.00 bits per heavy atom. The van der Waals surface area contributed by atoms with E-state index in [9.17, 15) is 4.79 Å². The average Bonchev–Trinajstić information content (AvgIpc) is 2.14. The zero-order chi connectivity index (χ0) is 10.3. The Morgan fingerprint density at radius 1 is 1.46 bits per heavy atom. The van der Waals surface area contributed by atoms with Crippen LogP contribution in [-0.2, 0) is 9.53 Å². The number of isothiocyanates is 1. The Kier molecular flexibility index (Phi) is 5.51. The van der Waals surface area contributed by atoms with Gasteiger partial charge in [0.1, 0.15) is 0 Å². The number of rotatable bonds is 5. The molecule has 0 aliphatic rings. The molecule has 0 atom stereocenters. The van der Waals surface area contributed by atoms with Gasteiger partial charge in [-0.05, 0) is 32.0 Å². The van der Waals surface area contributed by atoms with Gasteiger partial charge in [0.25, 0.3) is 0 Å². The Morgan fingerprint density at radius 3 is 2.31 bits per heavy atom. The fourth-order valence-corrected chi connectivity index (χ4v) is 1.27. The highest BCUT2D eigenvalue weighted by Gasteiger charge is 2.35. The van der Waals surface area contributed by atoms with Crippen LogP contribution in [-0.4, -0.2) is 23.3 Å². The van der Waals surface area contributed by atoms with Crippen LogP contribution in [0.15, 0.2) is 4.99 Å². The summed E-state index contributed by atoms with van der Waals surface area (Å²) in [7, 11) is 0. The Balaban J connectivity index is 4.74. The molecule has 0 aromatic carbocycles. The summed E-state index contributed by atoms with van der Waals surface area (Å²) in [5.74, 6) is -0.308. The van der Waals surface area contributed by atoms with Crippen LogP contribution < -0.4 is 0 Å². The number of esters is 1. The molecule has 0 aromatic rings. The van der Waals surface area contributed by atoms with Crippen molar-refractivity contribution in [3.05, 3.63) is 0 Å². The summed E-state index contributed by atoms with van der Waals surface area (Å²) in [6.45, 7) is 5.91. The lowest BCUT2D eigenvalue weighted by Crippen LogP contribution is -2.37. The fourth-order valence-electron chi connectivity index (χ4n) is 1.10. The summed E-state index contributed by atoms with van der Waals surface area (Å²) < 4.78 is 4.92. The van der Waals surface area contributed by atoms with E-state index in [1.54, 1.807) is 6.92 Å². The molecule has 0 radical (unpaired) electrons. The van der Waals surface area contributed by atoms with Crippen molar-refractivity contribution in [2.75, 3.05) is 6.61 Å². The normalized spacial score (nSPS) is 10.4. The minimum Gasteiger partial charge on any atom is -0.464 e. The molecule has 4 heteroatoms. The molecule has 3 nitrogen and oxygen atoms in total. The first-order valence-corrected chi connectivity index (χ1v) is 4.83. The van der Waals surface area contributed by atoms with Crippen LogP contribution in [0, 0.1) is 0 Å². The van der Waals surface area contributed by atoms with E-state index in [0.717, 1.165) is 0 Å². The first-order valence-electron chi connectivity index (χ1n) is 4.43. The van der Waals surface area contributed by atoms with Gasteiger partial charge in [-0.15, -0.1) is 0 Å². The summed E-state index contributed by atoms with van der Waals surface area (Å²) in [5.41, 5.74) is -0.808. The van der Waals surface area contributed by atoms with Crippen LogP contribution >= 0.6 is 12.2 Å². The second kappa shape index (κ2) is 5.84. The smallest absolute Gasteiger partial charge is 0.334 e. The number of hydrogen-bond acceptors (Lipinski definition) is 4. The Labute approximate surface area is 84.2 Å². The van der Waals surface area contributed by atoms with Gasteiger partial charge < -0.3 is 4.74 Å². The highest BCUT2D eigenvalue weighted by atomic mass is 32.1. The number of carbonyl (C=O) groups is 1. The van der Waals surface area contributed by atoms with Gasteiger partial charge in [-0.1, -0.05) is 13.8 Å². The van der Waals surface area contributed by atoms with E-state index >= 15 is 0 Å². The van der Waals surface area contributed by atoms with Crippen molar-refractivity contribution in [3.63, 3.8) is 0 Å². The number of hydrogen-bond donors (Lipinski definition) is 0. The lowest BCUT2D eigenvalue weighted by molar-refractivity contribution is -0.149. The first kappa shape index (κ1) is 12.3. The molecule has 0 aliphatic carbocycles. The average molecular weight is 201 g/mol. The molecule has 0 N–H and O–H groups in total. The fraction of sp³-hybridized carbons (Fsp3) is 0.778. The molecular weight excluding hydrogens is 186 g/mol. The molecule has 0 saturated carbocycles. The highest BCUT2D eigenvalue weighted by Crippen LogP contribution is 2.21. The van der Waals surface area contributed by atoms with Gasteiger partial charge in [-0.25, -0.2) is 9.79 Å². The Hall–Kier alpha value is -0.730. The van der Waals surface area contributed by atoms with Crippen LogP contribution in [0.4, 0.5) is 0 Å². The van der Waals surface area contributed by atoms with Crippen molar-refractivity contribution in [3.8, 4) is 0 Å². The number of aliphatic imine (C=N–C) groups is 1.